The molecule has 3 amide bonds. The van der Waals surface area contributed by atoms with Gasteiger partial charge in [-0.2, -0.15) is 0 Å². The molecule has 89 heavy (non-hydrogen) atoms. The van der Waals surface area contributed by atoms with Gasteiger partial charge in [0.05, 0.1) is 62.9 Å². The van der Waals surface area contributed by atoms with Gasteiger partial charge in [-0.25, -0.2) is 9.59 Å². The number of carbonyl (C=O) groups is 6. The van der Waals surface area contributed by atoms with Crippen LogP contribution in [0.15, 0.2) is 12.2 Å². The smallest absolute Gasteiger partial charge is 0.364 e. The van der Waals surface area contributed by atoms with Crippen LogP contribution in [0.25, 0.3) is 0 Å². The maximum Gasteiger partial charge on any atom is 0.364 e. The van der Waals surface area contributed by atoms with Gasteiger partial charge in [-0.3, -0.25) is 19.2 Å². The number of aliphatic hydroxyl groups excluding tert-OH is 13. The fourth-order valence-electron chi connectivity index (χ4n) is 11.1. The Morgan fingerprint density at radius 2 is 1.12 bits per heavy atom. The highest BCUT2D eigenvalue weighted by Crippen LogP contribution is 2.41. The SMILES string of the molecule is CCCCCCCCCCCCC/C=C\C(O)C(COC1OC(CO)C(OC2OC(CO)C(O)C(OC3(C(=O)O)CC(O)C(NC(C)=O)C(C(O)C(CO)OC4(C(=O)O)CC(O)C(NC(C)=O)C(C(O)C(O)COC(C)=O)O4)O3)C2O)C(O)C1O)NC(C)=O. The summed E-state index contributed by atoms with van der Waals surface area (Å²) in [7, 11) is 0. The van der Waals surface area contributed by atoms with Gasteiger partial charge >= 0.3 is 17.9 Å². The first-order chi connectivity index (χ1) is 42.0. The molecule has 0 spiro atoms. The number of unbranched alkanes of at least 4 members (excludes halogenated alkanes) is 11. The van der Waals surface area contributed by atoms with Crippen LogP contribution in [0.3, 0.4) is 0 Å². The Balaban J connectivity index is 1.54. The second-order valence-corrected chi connectivity index (χ2v) is 22.9. The highest BCUT2D eigenvalue weighted by molar-refractivity contribution is 5.77. The average Bonchev–Trinajstić information content (AvgIpc) is 1.03. The second-order valence-electron chi connectivity index (χ2n) is 22.9. The molecule has 33 nitrogen and oxygen atoms in total. The molecule has 0 radical (unpaired) electrons. The molecule has 0 aromatic heterocycles. The molecular weight excluding hydrogens is 1190 g/mol. The lowest BCUT2D eigenvalue weighted by atomic mass is 9.87. The van der Waals surface area contributed by atoms with E-state index in [1.54, 1.807) is 6.08 Å². The van der Waals surface area contributed by atoms with Crippen LogP contribution < -0.4 is 16.0 Å². The fraction of sp³-hybridized carbons (Fsp3) is 0.857. The van der Waals surface area contributed by atoms with E-state index >= 15 is 0 Å². The third-order valence-electron chi connectivity index (χ3n) is 15.8. The van der Waals surface area contributed by atoms with Crippen molar-refractivity contribution in [2.24, 2.45) is 0 Å². The summed E-state index contributed by atoms with van der Waals surface area (Å²) in [6.07, 6.45) is -26.2. The summed E-state index contributed by atoms with van der Waals surface area (Å²) in [5.41, 5.74) is 0. The molecule has 0 aliphatic carbocycles. The first kappa shape index (κ1) is 77.2. The van der Waals surface area contributed by atoms with Crippen LogP contribution in [0.5, 0.6) is 0 Å². The largest absolute Gasteiger partial charge is 0.477 e. The normalized spacial score (nSPS) is 34.5. The maximum atomic E-state index is 13.5. The van der Waals surface area contributed by atoms with Crippen molar-refractivity contribution in [3.8, 4) is 0 Å². The van der Waals surface area contributed by atoms with Gasteiger partial charge in [0, 0.05) is 40.5 Å². The van der Waals surface area contributed by atoms with E-state index in [2.05, 4.69) is 22.9 Å². The molecule has 18 N–H and O–H groups in total. The molecule has 4 rings (SSSR count). The number of aliphatic hydroxyl groups is 13. The van der Waals surface area contributed by atoms with Gasteiger partial charge in [0.15, 0.2) is 12.6 Å². The maximum absolute atomic E-state index is 13.5. The molecule has 514 valence electrons. The van der Waals surface area contributed by atoms with Crippen LogP contribution in [-0.4, -0.2) is 291 Å². The van der Waals surface area contributed by atoms with Crippen molar-refractivity contribution in [1.82, 2.24) is 16.0 Å². The summed E-state index contributed by atoms with van der Waals surface area (Å²) in [5.74, 6) is -14.3. The van der Waals surface area contributed by atoms with Crippen molar-refractivity contribution in [2.45, 2.75) is 271 Å². The van der Waals surface area contributed by atoms with Crippen LogP contribution in [0.2, 0.25) is 0 Å². The van der Waals surface area contributed by atoms with E-state index in [1.807, 2.05) is 0 Å². The summed E-state index contributed by atoms with van der Waals surface area (Å²) >= 11 is 0. The lowest BCUT2D eigenvalue weighted by Gasteiger charge is -2.51. The van der Waals surface area contributed by atoms with Gasteiger partial charge in [0.25, 0.3) is 11.6 Å². The van der Waals surface area contributed by atoms with Crippen molar-refractivity contribution in [3.63, 3.8) is 0 Å². The summed E-state index contributed by atoms with van der Waals surface area (Å²) in [5, 5.41) is 174. The van der Waals surface area contributed by atoms with Crippen molar-refractivity contribution >= 4 is 35.6 Å². The number of hydrogen-bond acceptors (Lipinski definition) is 28. The fourth-order valence-corrected chi connectivity index (χ4v) is 11.1. The van der Waals surface area contributed by atoms with E-state index < -0.39 is 228 Å². The minimum atomic E-state index is -3.40. The highest BCUT2D eigenvalue weighted by Gasteiger charge is 2.62. The predicted octanol–water partition coefficient (Wildman–Crippen LogP) is -5.33. The molecule has 4 aliphatic heterocycles. The van der Waals surface area contributed by atoms with Gasteiger partial charge in [-0.15, -0.1) is 0 Å². The lowest BCUT2D eigenvalue weighted by Crippen LogP contribution is -2.72. The molecule has 0 aromatic carbocycles. The van der Waals surface area contributed by atoms with Crippen molar-refractivity contribution in [2.75, 3.05) is 33.0 Å². The van der Waals surface area contributed by atoms with Gasteiger partial charge < -0.3 is 135 Å². The van der Waals surface area contributed by atoms with E-state index in [9.17, 15) is 105 Å². The third kappa shape index (κ3) is 21.6. The zero-order chi connectivity index (χ0) is 66.5. The number of amides is 3. The van der Waals surface area contributed by atoms with Crippen LogP contribution in [-0.2, 0) is 71.4 Å². The van der Waals surface area contributed by atoms with Gasteiger partial charge in [0.1, 0.15) is 92.1 Å². The summed E-state index contributed by atoms with van der Waals surface area (Å²) in [6, 6.07) is -4.78. The first-order valence-electron chi connectivity index (χ1n) is 30.0. The molecule has 33 heteroatoms. The lowest BCUT2D eigenvalue weighted by molar-refractivity contribution is -0.388. The first-order valence-corrected chi connectivity index (χ1v) is 30.0. The Labute approximate surface area is 514 Å². The Bertz CT molecular complexity index is 2240. The Kier molecular flexibility index (Phi) is 31.9. The zero-order valence-corrected chi connectivity index (χ0v) is 50.6. The molecule has 4 saturated heterocycles. The minimum absolute atomic E-state index is 0.512. The van der Waals surface area contributed by atoms with Gasteiger partial charge in [-0.1, -0.05) is 83.3 Å². The van der Waals surface area contributed by atoms with Crippen LogP contribution in [0.1, 0.15) is 125 Å². The van der Waals surface area contributed by atoms with Crippen molar-refractivity contribution in [1.29, 1.82) is 0 Å². The van der Waals surface area contributed by atoms with Crippen molar-refractivity contribution < 1.29 is 148 Å². The number of ether oxygens (including phenoxy) is 9. The third-order valence-corrected chi connectivity index (χ3v) is 15.8. The van der Waals surface area contributed by atoms with Crippen LogP contribution in [0, 0.1) is 0 Å². The number of esters is 1. The van der Waals surface area contributed by atoms with Crippen molar-refractivity contribution in [3.05, 3.63) is 12.2 Å². The molecule has 0 bridgehead atoms. The average molecular weight is 1290 g/mol. The quantitative estimate of drug-likeness (QED) is 0.0157. The van der Waals surface area contributed by atoms with E-state index in [0.29, 0.717) is 6.42 Å². The number of hydrogen-bond donors (Lipinski definition) is 18. The number of carboxylic acids is 2. The number of carboxylic acid groups (broad SMARTS) is 2. The number of aliphatic carboxylic acids is 2. The molecular formula is C56H95N3O30. The summed E-state index contributed by atoms with van der Waals surface area (Å²) in [6.45, 7) is 1.16. The number of carbonyl (C=O) groups excluding carboxylic acids is 4. The monoisotopic (exact) mass is 1290 g/mol. The van der Waals surface area contributed by atoms with E-state index in [0.717, 1.165) is 46.5 Å². The minimum Gasteiger partial charge on any atom is -0.477 e. The molecule has 4 aliphatic rings. The number of nitrogens with one attached hydrogen (secondary N) is 3. The van der Waals surface area contributed by atoms with Crippen LogP contribution >= 0.6 is 0 Å². The summed E-state index contributed by atoms with van der Waals surface area (Å²) < 4.78 is 50.6. The molecule has 24 unspecified atom stereocenters. The Morgan fingerprint density at radius 3 is 1.63 bits per heavy atom. The van der Waals surface area contributed by atoms with E-state index in [-0.39, 0.29) is 0 Å². The molecule has 0 saturated carbocycles. The Morgan fingerprint density at radius 1 is 0.607 bits per heavy atom. The summed E-state index contributed by atoms with van der Waals surface area (Å²) in [4.78, 5) is 75.0. The standard InChI is InChI=1S/C56H95N3O30/c1-6-7-8-9-10-11-12-13-14-15-16-17-18-19-32(67)31(57-27(2)63)25-82-51-45(75)44(74)47(38(24-62)84-51)85-52-46(76)50(42(72)36(22-60)83-52)89-56(54(79)80)21-34(69)40(59-29(4)65)49(88-56)43(73)37(23-61)86-55(53(77)78)20-33(68)39(58-28(3)64)48(87-55)41(71)35(70)26-81-30(5)66/h18-19,31-52,60-62,67-76H,6-17,20-26H2,1-5H3,(H,57,63)(H,58,64)(H,59,65)(H,77,78)(H,79,80)/b19-18-. The van der Waals surface area contributed by atoms with Gasteiger partial charge in [-0.05, 0) is 12.8 Å². The number of allylic oxidation sites excluding steroid dienone is 1. The molecule has 0 aromatic rings. The Hall–Kier alpha value is -4.28. The topological polar surface area (TPSA) is 525 Å². The highest BCUT2D eigenvalue weighted by atomic mass is 16.8. The van der Waals surface area contributed by atoms with E-state index in [1.165, 1.54) is 57.9 Å². The molecule has 4 fully saturated rings. The predicted molar refractivity (Wildman–Crippen MR) is 299 cm³/mol. The molecule has 24 atom stereocenters. The van der Waals surface area contributed by atoms with Gasteiger partial charge in [0.2, 0.25) is 17.7 Å². The van der Waals surface area contributed by atoms with Crippen LogP contribution in [0.4, 0.5) is 0 Å². The second kappa shape index (κ2) is 36.8. The van der Waals surface area contributed by atoms with E-state index in [4.69, 9.17) is 42.6 Å². The number of rotatable bonds is 37. The zero-order valence-electron chi connectivity index (χ0n) is 50.6. The molecule has 4 heterocycles.